The average Bonchev–Trinajstić information content (AvgIpc) is 3.03. The molecule has 2 aromatic heterocycles. The van der Waals surface area contributed by atoms with E-state index in [9.17, 15) is 0 Å². The summed E-state index contributed by atoms with van der Waals surface area (Å²) in [5.41, 5.74) is 0.0419. The zero-order chi connectivity index (χ0) is 22.0. The third kappa shape index (κ3) is 7.86. The summed E-state index contributed by atoms with van der Waals surface area (Å²) in [5.74, 6) is 1.65. The highest BCUT2D eigenvalue weighted by Crippen LogP contribution is 2.21. The Morgan fingerprint density at radius 3 is 1.07 bits per heavy atom. The fraction of sp³-hybridized carbons (Fsp3) is 0.800. The Bertz CT molecular complexity index is 666. The van der Waals surface area contributed by atoms with Crippen LogP contribution < -0.4 is 10.6 Å². The number of hydrogen-bond acceptors (Lipinski definition) is 6. The molecule has 2 N–H and O–H groups in total. The maximum Gasteiger partial charge on any atom is 0.225 e. The lowest BCUT2D eigenvalue weighted by atomic mass is 10.1. The van der Waals surface area contributed by atoms with Crippen LogP contribution in [0.1, 0.15) is 83.1 Å². The molecular weight excluding hydrogens is 352 g/mol. The third-order valence-corrected chi connectivity index (χ3v) is 3.51. The minimum atomic E-state index is 0.00995. The normalized spacial score (nSPS) is 13.0. The summed E-state index contributed by atoms with van der Waals surface area (Å²) in [6, 6.07) is 0. The van der Waals surface area contributed by atoms with E-state index < -0.39 is 0 Å². The van der Waals surface area contributed by atoms with Gasteiger partial charge in [-0.1, -0.05) is 0 Å². The van der Waals surface area contributed by atoms with Crippen molar-refractivity contribution in [3.05, 3.63) is 12.7 Å². The van der Waals surface area contributed by atoms with Crippen LogP contribution in [0.25, 0.3) is 0 Å². The molecule has 0 spiro atoms. The Labute approximate surface area is 170 Å². The molecule has 8 nitrogen and oxygen atoms in total. The first kappa shape index (κ1) is 23.9. The first-order valence-corrected chi connectivity index (χ1v) is 9.77. The van der Waals surface area contributed by atoms with Gasteiger partial charge in [0.1, 0.15) is 12.7 Å². The van der Waals surface area contributed by atoms with Crippen LogP contribution in [0.2, 0.25) is 0 Å². The molecule has 8 heteroatoms. The van der Waals surface area contributed by atoms with Crippen molar-refractivity contribution in [3.8, 4) is 0 Å². The monoisotopic (exact) mass is 392 g/mol. The van der Waals surface area contributed by atoms with Gasteiger partial charge in [0, 0.05) is 22.2 Å². The molecule has 0 fully saturated rings. The zero-order valence-electron chi connectivity index (χ0n) is 19.8. The highest BCUT2D eigenvalue weighted by molar-refractivity contribution is 5.29. The van der Waals surface area contributed by atoms with Crippen molar-refractivity contribution in [3.63, 3.8) is 0 Å². The molecular formula is C20H40N8. The van der Waals surface area contributed by atoms with E-state index in [0.717, 1.165) is 11.9 Å². The van der Waals surface area contributed by atoms with Crippen LogP contribution in [0.15, 0.2) is 12.7 Å². The van der Waals surface area contributed by atoms with Crippen LogP contribution in [0, 0.1) is 0 Å². The van der Waals surface area contributed by atoms with Gasteiger partial charge in [0.25, 0.3) is 0 Å². The Morgan fingerprint density at radius 2 is 0.857 bits per heavy atom. The number of hydrogen-bond donors (Lipinski definition) is 2. The molecule has 0 radical (unpaired) electrons. The van der Waals surface area contributed by atoms with E-state index >= 15 is 0 Å². The summed E-state index contributed by atoms with van der Waals surface area (Å²) in [6.07, 6.45) is 3.52. The lowest BCUT2D eigenvalue weighted by Crippen LogP contribution is -2.31. The SMILES string of the molecule is CC(C)(C)Nc1nncn1C(C)(C)C.CC(C)(C)Nc1nncn1C(C)(C)C. The van der Waals surface area contributed by atoms with Gasteiger partial charge in [-0.2, -0.15) is 0 Å². The summed E-state index contributed by atoms with van der Waals surface area (Å²) in [5, 5.41) is 22.6. The molecule has 2 aromatic rings. The highest BCUT2D eigenvalue weighted by atomic mass is 15.4. The number of nitrogens with zero attached hydrogens (tertiary/aromatic N) is 6. The Kier molecular flexibility index (Phi) is 6.91. The number of nitrogens with one attached hydrogen (secondary N) is 2. The quantitative estimate of drug-likeness (QED) is 0.783. The van der Waals surface area contributed by atoms with Crippen molar-refractivity contribution in [2.24, 2.45) is 0 Å². The van der Waals surface area contributed by atoms with Gasteiger partial charge in [0.05, 0.1) is 0 Å². The molecule has 0 aliphatic rings. The lowest BCUT2D eigenvalue weighted by Gasteiger charge is -2.27. The van der Waals surface area contributed by atoms with Crippen LogP contribution >= 0.6 is 0 Å². The average molecular weight is 393 g/mol. The van der Waals surface area contributed by atoms with Crippen molar-refractivity contribution >= 4 is 11.9 Å². The second-order valence-electron chi connectivity index (χ2n) is 11.1. The second-order valence-corrected chi connectivity index (χ2v) is 11.1. The van der Waals surface area contributed by atoms with Gasteiger partial charge in [-0.3, -0.25) is 9.13 Å². The standard InChI is InChI=1S/2C10H20N4/c2*1-9(2,3)12-8-13-11-7-14(8)10(4,5)6/h2*7H,1-6H3,(H,12,13). The Morgan fingerprint density at radius 1 is 0.571 bits per heavy atom. The highest BCUT2D eigenvalue weighted by Gasteiger charge is 2.21. The molecule has 2 heterocycles. The van der Waals surface area contributed by atoms with E-state index in [1.54, 1.807) is 12.7 Å². The summed E-state index contributed by atoms with van der Waals surface area (Å²) in [4.78, 5) is 0. The second kappa shape index (κ2) is 8.09. The van der Waals surface area contributed by atoms with Gasteiger partial charge in [0.15, 0.2) is 0 Å². The lowest BCUT2D eigenvalue weighted by molar-refractivity contribution is 0.396. The van der Waals surface area contributed by atoms with E-state index in [2.05, 4.69) is 114 Å². The van der Waals surface area contributed by atoms with E-state index in [-0.39, 0.29) is 22.2 Å². The van der Waals surface area contributed by atoms with Gasteiger partial charge in [-0.15, -0.1) is 20.4 Å². The molecule has 0 atom stereocenters. The fourth-order valence-electron chi connectivity index (χ4n) is 2.29. The van der Waals surface area contributed by atoms with Gasteiger partial charge < -0.3 is 10.6 Å². The predicted molar refractivity (Wildman–Crippen MR) is 117 cm³/mol. The molecule has 0 aromatic carbocycles. The van der Waals surface area contributed by atoms with Crippen molar-refractivity contribution in [2.45, 2.75) is 105 Å². The molecule has 0 amide bonds. The summed E-state index contributed by atoms with van der Waals surface area (Å²) >= 11 is 0. The summed E-state index contributed by atoms with van der Waals surface area (Å²) < 4.78 is 4.08. The minimum Gasteiger partial charge on any atom is -0.350 e. The molecule has 0 unspecified atom stereocenters. The first-order valence-electron chi connectivity index (χ1n) is 9.77. The molecule has 0 aliphatic carbocycles. The van der Waals surface area contributed by atoms with E-state index in [4.69, 9.17) is 0 Å². The van der Waals surface area contributed by atoms with E-state index in [1.165, 1.54) is 0 Å². The van der Waals surface area contributed by atoms with E-state index in [0.29, 0.717) is 0 Å². The van der Waals surface area contributed by atoms with Crippen molar-refractivity contribution in [1.29, 1.82) is 0 Å². The smallest absolute Gasteiger partial charge is 0.225 e. The number of anilines is 2. The van der Waals surface area contributed by atoms with Gasteiger partial charge in [0.2, 0.25) is 11.9 Å². The maximum absolute atomic E-state index is 4.07. The molecule has 0 saturated carbocycles. The van der Waals surface area contributed by atoms with Crippen LogP contribution in [0.3, 0.4) is 0 Å². The summed E-state index contributed by atoms with van der Waals surface area (Å²) in [6.45, 7) is 25.4. The Balaban J connectivity index is 0.000000280. The van der Waals surface area contributed by atoms with Gasteiger partial charge in [-0.25, -0.2) is 0 Å². The zero-order valence-corrected chi connectivity index (χ0v) is 19.8. The van der Waals surface area contributed by atoms with Gasteiger partial charge >= 0.3 is 0 Å². The fourth-order valence-corrected chi connectivity index (χ4v) is 2.29. The Hall–Kier alpha value is -2.12. The molecule has 0 aliphatic heterocycles. The van der Waals surface area contributed by atoms with E-state index in [1.807, 2.05) is 9.13 Å². The van der Waals surface area contributed by atoms with Crippen molar-refractivity contribution in [2.75, 3.05) is 10.6 Å². The molecule has 160 valence electrons. The third-order valence-electron chi connectivity index (χ3n) is 3.51. The van der Waals surface area contributed by atoms with Crippen LogP contribution in [-0.4, -0.2) is 40.6 Å². The number of aromatic nitrogens is 6. The molecule has 28 heavy (non-hydrogen) atoms. The van der Waals surface area contributed by atoms with Crippen molar-refractivity contribution in [1.82, 2.24) is 29.5 Å². The number of rotatable bonds is 2. The first-order chi connectivity index (χ1) is 12.4. The topological polar surface area (TPSA) is 85.5 Å². The molecule has 0 saturated heterocycles. The molecule has 0 bridgehead atoms. The maximum atomic E-state index is 4.07. The summed E-state index contributed by atoms with van der Waals surface area (Å²) in [7, 11) is 0. The molecule has 2 rings (SSSR count). The predicted octanol–water partition coefficient (Wildman–Crippen LogP) is 4.49. The van der Waals surface area contributed by atoms with Gasteiger partial charge in [-0.05, 0) is 83.1 Å². The van der Waals surface area contributed by atoms with Crippen LogP contribution in [0.4, 0.5) is 11.9 Å². The van der Waals surface area contributed by atoms with Crippen molar-refractivity contribution < 1.29 is 0 Å². The largest absolute Gasteiger partial charge is 0.350 e. The minimum absolute atomic E-state index is 0.00995. The van der Waals surface area contributed by atoms with Crippen LogP contribution in [-0.2, 0) is 11.1 Å². The van der Waals surface area contributed by atoms with Crippen LogP contribution in [0.5, 0.6) is 0 Å².